The molecule has 0 aliphatic carbocycles. The van der Waals surface area contributed by atoms with Gasteiger partial charge in [0.25, 0.3) is 0 Å². The van der Waals surface area contributed by atoms with E-state index in [1.807, 2.05) is 13.8 Å². The zero-order valence-corrected chi connectivity index (χ0v) is 12.9. The molecule has 1 N–H and O–H groups in total. The van der Waals surface area contributed by atoms with Gasteiger partial charge in [-0.05, 0) is 52.3 Å². The van der Waals surface area contributed by atoms with Crippen LogP contribution in [0.15, 0.2) is 24.3 Å². The maximum atomic E-state index is 12.0. The van der Waals surface area contributed by atoms with Gasteiger partial charge in [0.15, 0.2) is 0 Å². The third kappa shape index (κ3) is 4.34. The number of hydrogen-bond donors (Lipinski definition) is 1. The summed E-state index contributed by atoms with van der Waals surface area (Å²) in [5, 5.41) is 3.03. The molecular weight excluding hydrogens is 248 g/mol. The molecule has 1 saturated heterocycles. The number of amides is 1. The summed E-state index contributed by atoms with van der Waals surface area (Å²) in [5.41, 5.74) is 2.67. The van der Waals surface area contributed by atoms with E-state index >= 15 is 0 Å². The number of nitrogens with zero attached hydrogens (tertiary/aromatic N) is 1. The lowest BCUT2D eigenvalue weighted by Crippen LogP contribution is -2.42. The molecule has 3 heteroatoms. The highest BCUT2D eigenvalue weighted by molar-refractivity contribution is 5.78. The first-order valence-electron chi connectivity index (χ1n) is 7.63. The predicted molar refractivity (Wildman–Crippen MR) is 82.5 cm³/mol. The molecule has 1 aliphatic rings. The molecule has 0 saturated carbocycles. The summed E-state index contributed by atoms with van der Waals surface area (Å²) in [6.07, 6.45) is 1.95. The summed E-state index contributed by atoms with van der Waals surface area (Å²) < 4.78 is 0. The maximum absolute atomic E-state index is 12.0. The second-order valence-electron chi connectivity index (χ2n) is 6.20. The molecule has 110 valence electrons. The highest BCUT2D eigenvalue weighted by atomic mass is 16.1. The number of hydrogen-bond acceptors (Lipinski definition) is 2. The number of likely N-dealkylation sites (tertiary alicyclic amines) is 1. The highest BCUT2D eigenvalue weighted by Gasteiger charge is 2.25. The molecule has 0 radical (unpaired) electrons. The van der Waals surface area contributed by atoms with Gasteiger partial charge in [0.1, 0.15) is 0 Å². The van der Waals surface area contributed by atoms with E-state index in [1.165, 1.54) is 11.1 Å². The summed E-state index contributed by atoms with van der Waals surface area (Å²) >= 11 is 0. The van der Waals surface area contributed by atoms with Gasteiger partial charge in [-0.3, -0.25) is 9.69 Å². The molecule has 1 fully saturated rings. The standard InChI is InChI=1S/C17H26N2O/c1-13(2)18-17(20)16-8-10-19(11-9-16)12-15-6-4-14(3)5-7-15/h4-7,13,16H,8-12H2,1-3H3,(H,18,20). The third-order valence-electron chi connectivity index (χ3n) is 3.92. The fourth-order valence-electron chi connectivity index (χ4n) is 2.71. The highest BCUT2D eigenvalue weighted by Crippen LogP contribution is 2.19. The van der Waals surface area contributed by atoms with Crippen molar-refractivity contribution in [3.8, 4) is 0 Å². The van der Waals surface area contributed by atoms with Gasteiger partial charge in [-0.15, -0.1) is 0 Å². The monoisotopic (exact) mass is 274 g/mol. The minimum Gasteiger partial charge on any atom is -0.354 e. The molecular formula is C17H26N2O. The third-order valence-corrected chi connectivity index (χ3v) is 3.92. The Balaban J connectivity index is 1.79. The van der Waals surface area contributed by atoms with Gasteiger partial charge in [-0.1, -0.05) is 29.8 Å². The number of rotatable bonds is 4. The van der Waals surface area contributed by atoms with Gasteiger partial charge in [0.05, 0.1) is 0 Å². The summed E-state index contributed by atoms with van der Waals surface area (Å²) in [4.78, 5) is 14.4. The normalized spacial score (nSPS) is 17.4. The average Bonchev–Trinajstić information content (AvgIpc) is 2.41. The Morgan fingerprint density at radius 3 is 2.40 bits per heavy atom. The number of piperidine rings is 1. The average molecular weight is 274 g/mol. The minimum absolute atomic E-state index is 0.201. The van der Waals surface area contributed by atoms with Crippen LogP contribution in [0.1, 0.15) is 37.8 Å². The number of nitrogens with one attached hydrogen (secondary N) is 1. The summed E-state index contributed by atoms with van der Waals surface area (Å²) in [7, 11) is 0. The largest absolute Gasteiger partial charge is 0.354 e. The van der Waals surface area contributed by atoms with Crippen LogP contribution in [-0.4, -0.2) is 29.9 Å². The van der Waals surface area contributed by atoms with Crippen LogP contribution in [-0.2, 0) is 11.3 Å². The van der Waals surface area contributed by atoms with E-state index in [0.717, 1.165) is 32.5 Å². The lowest BCUT2D eigenvalue weighted by molar-refractivity contribution is -0.127. The van der Waals surface area contributed by atoms with E-state index in [2.05, 4.69) is 41.4 Å². The molecule has 1 aliphatic heterocycles. The summed E-state index contributed by atoms with van der Waals surface area (Å²) in [5.74, 6) is 0.432. The van der Waals surface area contributed by atoms with Crippen LogP contribution in [0.2, 0.25) is 0 Å². The molecule has 0 spiro atoms. The van der Waals surface area contributed by atoms with Gasteiger partial charge in [0, 0.05) is 18.5 Å². The molecule has 20 heavy (non-hydrogen) atoms. The van der Waals surface area contributed by atoms with E-state index in [0.29, 0.717) is 0 Å². The topological polar surface area (TPSA) is 32.3 Å². The van der Waals surface area contributed by atoms with Crippen molar-refractivity contribution in [2.75, 3.05) is 13.1 Å². The first kappa shape index (κ1) is 15.0. The van der Waals surface area contributed by atoms with Crippen LogP contribution in [0.5, 0.6) is 0 Å². The molecule has 0 atom stereocenters. The van der Waals surface area contributed by atoms with Crippen LogP contribution in [0.4, 0.5) is 0 Å². The minimum atomic E-state index is 0.201. The molecule has 2 rings (SSSR count). The Hall–Kier alpha value is -1.35. The van der Waals surface area contributed by atoms with Crippen molar-refractivity contribution < 1.29 is 4.79 Å². The molecule has 1 aromatic carbocycles. The van der Waals surface area contributed by atoms with E-state index in [4.69, 9.17) is 0 Å². The van der Waals surface area contributed by atoms with Gasteiger partial charge in [-0.2, -0.15) is 0 Å². The molecule has 0 bridgehead atoms. The number of benzene rings is 1. The van der Waals surface area contributed by atoms with Crippen molar-refractivity contribution in [1.82, 2.24) is 10.2 Å². The van der Waals surface area contributed by atoms with Crippen LogP contribution >= 0.6 is 0 Å². The maximum Gasteiger partial charge on any atom is 0.223 e. The summed E-state index contributed by atoms with van der Waals surface area (Å²) in [6, 6.07) is 8.98. The lowest BCUT2D eigenvalue weighted by atomic mass is 9.95. The smallest absolute Gasteiger partial charge is 0.223 e. The van der Waals surface area contributed by atoms with Crippen LogP contribution in [0.3, 0.4) is 0 Å². The van der Waals surface area contributed by atoms with Crippen LogP contribution < -0.4 is 5.32 Å². The van der Waals surface area contributed by atoms with Crippen molar-refractivity contribution in [2.45, 2.75) is 46.2 Å². The Kier molecular flexibility index (Phi) is 5.18. The second kappa shape index (κ2) is 6.89. The SMILES string of the molecule is Cc1ccc(CN2CCC(C(=O)NC(C)C)CC2)cc1. The number of carbonyl (C=O) groups excluding carboxylic acids is 1. The molecule has 0 aromatic heterocycles. The first-order valence-corrected chi connectivity index (χ1v) is 7.63. The van der Waals surface area contributed by atoms with Crippen molar-refractivity contribution in [1.29, 1.82) is 0 Å². The number of carbonyl (C=O) groups is 1. The van der Waals surface area contributed by atoms with Gasteiger partial charge in [0.2, 0.25) is 5.91 Å². The van der Waals surface area contributed by atoms with Crippen LogP contribution in [0.25, 0.3) is 0 Å². The quantitative estimate of drug-likeness (QED) is 0.915. The van der Waals surface area contributed by atoms with Crippen molar-refractivity contribution >= 4 is 5.91 Å². The van der Waals surface area contributed by atoms with Gasteiger partial charge < -0.3 is 5.32 Å². The van der Waals surface area contributed by atoms with E-state index in [9.17, 15) is 4.79 Å². The van der Waals surface area contributed by atoms with Gasteiger partial charge in [-0.25, -0.2) is 0 Å². The van der Waals surface area contributed by atoms with Crippen molar-refractivity contribution in [3.63, 3.8) is 0 Å². The van der Waals surface area contributed by atoms with E-state index in [1.54, 1.807) is 0 Å². The van der Waals surface area contributed by atoms with E-state index in [-0.39, 0.29) is 17.9 Å². The summed E-state index contributed by atoms with van der Waals surface area (Å²) in [6.45, 7) is 9.18. The molecule has 1 amide bonds. The Morgan fingerprint density at radius 1 is 1.25 bits per heavy atom. The Morgan fingerprint density at radius 2 is 1.85 bits per heavy atom. The van der Waals surface area contributed by atoms with Crippen LogP contribution in [0, 0.1) is 12.8 Å². The second-order valence-corrected chi connectivity index (χ2v) is 6.20. The Bertz CT molecular complexity index is 431. The fraction of sp³-hybridized carbons (Fsp3) is 0.588. The molecule has 1 heterocycles. The first-order chi connectivity index (χ1) is 9.54. The lowest BCUT2D eigenvalue weighted by Gasteiger charge is -2.31. The van der Waals surface area contributed by atoms with Crippen molar-refractivity contribution in [2.24, 2.45) is 5.92 Å². The molecule has 3 nitrogen and oxygen atoms in total. The molecule has 0 unspecified atom stereocenters. The van der Waals surface area contributed by atoms with Gasteiger partial charge >= 0.3 is 0 Å². The Labute approximate surface area is 122 Å². The molecule has 1 aromatic rings. The fourth-order valence-corrected chi connectivity index (χ4v) is 2.71. The predicted octanol–water partition coefficient (Wildman–Crippen LogP) is 2.73. The van der Waals surface area contributed by atoms with Crippen molar-refractivity contribution in [3.05, 3.63) is 35.4 Å². The zero-order valence-electron chi connectivity index (χ0n) is 12.9. The number of aryl methyl sites for hydroxylation is 1. The van der Waals surface area contributed by atoms with E-state index < -0.39 is 0 Å². The zero-order chi connectivity index (χ0) is 14.5.